The fraction of sp³-hybridized carbons (Fsp3) is 0.833. The molecule has 4 bridgehead atoms. The summed E-state index contributed by atoms with van der Waals surface area (Å²) in [7, 11) is 4.27. The molecule has 122 valence electrons. The van der Waals surface area contributed by atoms with Crippen LogP contribution < -0.4 is 5.32 Å². The predicted molar refractivity (Wildman–Crippen MR) is 93.6 cm³/mol. The van der Waals surface area contributed by atoms with Gasteiger partial charge in [0.25, 0.3) is 0 Å². The predicted octanol–water partition coefficient (Wildman–Crippen LogP) is 3.97. The van der Waals surface area contributed by atoms with Crippen LogP contribution in [0.25, 0.3) is 0 Å². The van der Waals surface area contributed by atoms with E-state index >= 15 is 0 Å². The third-order valence-corrected chi connectivity index (χ3v) is 6.94. The van der Waals surface area contributed by atoms with Gasteiger partial charge in [0.1, 0.15) is 0 Å². The Hall–Kier alpha value is -0.610. The summed E-state index contributed by atoms with van der Waals surface area (Å²) in [5.41, 5.74) is 1.88. The average molecular weight is 320 g/mol. The Morgan fingerprint density at radius 3 is 2.41 bits per heavy atom. The number of nitrogens with one attached hydrogen (secondary N) is 1. The molecule has 0 aromatic carbocycles. The molecule has 3 nitrogen and oxygen atoms in total. The van der Waals surface area contributed by atoms with Crippen LogP contribution >= 0.6 is 11.3 Å². The van der Waals surface area contributed by atoms with Gasteiger partial charge in [0.15, 0.2) is 5.13 Å². The van der Waals surface area contributed by atoms with E-state index in [-0.39, 0.29) is 0 Å². The number of hydrogen-bond donors (Lipinski definition) is 1. The molecule has 22 heavy (non-hydrogen) atoms. The number of aromatic nitrogens is 1. The summed E-state index contributed by atoms with van der Waals surface area (Å²) < 4.78 is 0. The molecule has 4 saturated carbocycles. The fourth-order valence-electron chi connectivity index (χ4n) is 5.61. The lowest BCUT2D eigenvalue weighted by molar-refractivity contribution is -0.00688. The van der Waals surface area contributed by atoms with Crippen molar-refractivity contribution in [1.29, 1.82) is 0 Å². The van der Waals surface area contributed by atoms with Gasteiger partial charge in [-0.25, -0.2) is 4.98 Å². The Kier molecular flexibility index (Phi) is 3.93. The van der Waals surface area contributed by atoms with Crippen LogP contribution in [0.4, 0.5) is 5.13 Å². The summed E-state index contributed by atoms with van der Waals surface area (Å²) in [6, 6.07) is 0. The Balaban J connectivity index is 1.41. The second-order valence-corrected chi connectivity index (χ2v) is 9.18. The smallest absolute Gasteiger partial charge is 0.182 e. The lowest BCUT2D eigenvalue weighted by Crippen LogP contribution is -2.48. The van der Waals surface area contributed by atoms with Crippen LogP contribution in [0.1, 0.15) is 50.6 Å². The van der Waals surface area contributed by atoms with Gasteiger partial charge in [-0.05, 0) is 83.3 Å². The first-order valence-electron chi connectivity index (χ1n) is 8.97. The molecule has 4 aliphatic carbocycles. The maximum atomic E-state index is 5.01. The molecule has 0 unspecified atom stereocenters. The molecular weight excluding hydrogens is 290 g/mol. The maximum Gasteiger partial charge on any atom is 0.182 e. The highest BCUT2D eigenvalue weighted by Gasteiger charge is 2.52. The second-order valence-electron chi connectivity index (χ2n) is 8.32. The van der Waals surface area contributed by atoms with Crippen molar-refractivity contribution in [3.8, 4) is 0 Å². The Bertz CT molecular complexity index is 487. The summed E-state index contributed by atoms with van der Waals surface area (Å²) in [4.78, 5) is 7.25. The minimum Gasteiger partial charge on any atom is -0.361 e. The minimum atomic E-state index is 0.453. The van der Waals surface area contributed by atoms with Crippen molar-refractivity contribution >= 4 is 16.5 Å². The first kappa shape index (κ1) is 14.9. The van der Waals surface area contributed by atoms with E-state index in [9.17, 15) is 0 Å². The molecule has 0 atom stereocenters. The van der Waals surface area contributed by atoms with Gasteiger partial charge < -0.3 is 10.2 Å². The van der Waals surface area contributed by atoms with Crippen molar-refractivity contribution in [2.24, 2.45) is 17.8 Å². The first-order chi connectivity index (χ1) is 10.6. The second kappa shape index (κ2) is 5.79. The van der Waals surface area contributed by atoms with Gasteiger partial charge in [0.2, 0.25) is 0 Å². The summed E-state index contributed by atoms with van der Waals surface area (Å²) in [6.07, 6.45) is 9.98. The van der Waals surface area contributed by atoms with Crippen molar-refractivity contribution in [2.75, 3.05) is 32.5 Å². The minimum absolute atomic E-state index is 0.453. The highest BCUT2D eigenvalue weighted by Crippen LogP contribution is 2.60. The summed E-state index contributed by atoms with van der Waals surface area (Å²) in [5, 5.41) is 7.04. The molecular formula is C18H29N3S. The lowest BCUT2D eigenvalue weighted by Gasteiger charge is -2.56. The Morgan fingerprint density at radius 1 is 1.18 bits per heavy atom. The van der Waals surface area contributed by atoms with Crippen LogP contribution in [0.5, 0.6) is 0 Å². The third-order valence-electron chi connectivity index (χ3n) is 6.14. The number of nitrogens with zero attached hydrogens (tertiary/aromatic N) is 2. The SMILES string of the molecule is CN(C)CCCNc1nc(C23CC4CC(CC(C4)C2)C3)cs1. The fourth-order valence-corrected chi connectivity index (χ4v) is 6.48. The summed E-state index contributed by atoms with van der Waals surface area (Å²) in [5.74, 6) is 3.01. The lowest BCUT2D eigenvalue weighted by atomic mass is 9.49. The summed E-state index contributed by atoms with van der Waals surface area (Å²) >= 11 is 1.82. The van der Waals surface area contributed by atoms with Gasteiger partial charge in [-0.15, -0.1) is 11.3 Å². The Morgan fingerprint density at radius 2 is 1.82 bits per heavy atom. The van der Waals surface area contributed by atoms with E-state index < -0.39 is 0 Å². The van der Waals surface area contributed by atoms with E-state index in [2.05, 4.69) is 29.7 Å². The molecule has 5 rings (SSSR count). The van der Waals surface area contributed by atoms with Crippen molar-refractivity contribution in [1.82, 2.24) is 9.88 Å². The van der Waals surface area contributed by atoms with Crippen LogP contribution in [0.2, 0.25) is 0 Å². The van der Waals surface area contributed by atoms with Gasteiger partial charge >= 0.3 is 0 Å². The van der Waals surface area contributed by atoms with E-state index in [1.54, 1.807) is 0 Å². The molecule has 0 spiro atoms. The van der Waals surface area contributed by atoms with Crippen LogP contribution in [0.15, 0.2) is 5.38 Å². The summed E-state index contributed by atoms with van der Waals surface area (Å²) in [6.45, 7) is 2.17. The highest BCUT2D eigenvalue weighted by molar-refractivity contribution is 7.13. The normalized spacial score (nSPS) is 36.2. The maximum absolute atomic E-state index is 5.01. The van der Waals surface area contributed by atoms with Gasteiger partial charge in [0.05, 0.1) is 5.69 Å². The monoisotopic (exact) mass is 319 g/mol. The third kappa shape index (κ3) is 2.80. The first-order valence-corrected chi connectivity index (χ1v) is 9.85. The molecule has 0 amide bonds. The zero-order chi connectivity index (χ0) is 15.2. The molecule has 4 aliphatic rings. The number of hydrogen-bond acceptors (Lipinski definition) is 4. The van der Waals surface area contributed by atoms with Crippen molar-refractivity contribution < 1.29 is 0 Å². The number of thiazole rings is 1. The zero-order valence-corrected chi connectivity index (χ0v) is 14.8. The van der Waals surface area contributed by atoms with Crippen LogP contribution in [-0.4, -0.2) is 37.1 Å². The molecule has 4 heteroatoms. The molecule has 4 fully saturated rings. The van der Waals surface area contributed by atoms with Gasteiger partial charge in [-0.1, -0.05) is 0 Å². The molecule has 0 saturated heterocycles. The van der Waals surface area contributed by atoms with Crippen LogP contribution in [-0.2, 0) is 5.41 Å². The van der Waals surface area contributed by atoms with Crippen molar-refractivity contribution in [3.63, 3.8) is 0 Å². The molecule has 1 aromatic rings. The van der Waals surface area contributed by atoms with Crippen LogP contribution in [0, 0.1) is 17.8 Å². The number of rotatable bonds is 6. The van der Waals surface area contributed by atoms with Gasteiger partial charge in [-0.2, -0.15) is 0 Å². The van der Waals surface area contributed by atoms with Crippen LogP contribution in [0.3, 0.4) is 0 Å². The highest BCUT2D eigenvalue weighted by atomic mass is 32.1. The quantitative estimate of drug-likeness (QED) is 0.804. The molecule has 1 N–H and O–H groups in total. The average Bonchev–Trinajstić information content (AvgIpc) is 2.91. The van der Waals surface area contributed by atoms with Crippen molar-refractivity contribution in [2.45, 2.75) is 50.4 Å². The molecule has 1 aromatic heterocycles. The van der Waals surface area contributed by atoms with Gasteiger partial charge in [0, 0.05) is 17.3 Å². The zero-order valence-electron chi connectivity index (χ0n) is 14.0. The number of anilines is 1. The van der Waals surface area contributed by atoms with E-state index in [4.69, 9.17) is 4.98 Å². The topological polar surface area (TPSA) is 28.2 Å². The van der Waals surface area contributed by atoms with Crippen molar-refractivity contribution in [3.05, 3.63) is 11.1 Å². The van der Waals surface area contributed by atoms with E-state index in [0.29, 0.717) is 5.41 Å². The largest absolute Gasteiger partial charge is 0.361 e. The molecule has 1 heterocycles. The van der Waals surface area contributed by atoms with Gasteiger partial charge in [-0.3, -0.25) is 0 Å². The van der Waals surface area contributed by atoms with E-state index in [1.165, 1.54) is 50.6 Å². The van der Waals surface area contributed by atoms with E-state index in [0.717, 1.165) is 36.0 Å². The standard InChI is InChI=1S/C18H29N3S/c1-21(2)5-3-4-19-17-20-16(12-22-17)18-9-13-6-14(10-18)8-15(7-13)11-18/h12-15H,3-11H2,1-2H3,(H,19,20). The Labute approximate surface area is 138 Å². The molecule has 0 radical (unpaired) electrons. The van der Waals surface area contributed by atoms with E-state index in [1.807, 2.05) is 11.3 Å². The molecule has 0 aliphatic heterocycles.